The minimum Gasteiger partial charge on any atom is -0.493 e. The van der Waals surface area contributed by atoms with Gasteiger partial charge in [0.2, 0.25) is 5.91 Å². The van der Waals surface area contributed by atoms with Crippen molar-refractivity contribution in [2.24, 2.45) is 0 Å². The Morgan fingerprint density at radius 3 is 2.62 bits per heavy atom. The smallest absolute Gasteiger partial charge is 0.257 e. The van der Waals surface area contributed by atoms with Gasteiger partial charge < -0.3 is 14.8 Å². The Hall–Kier alpha value is -4.24. The van der Waals surface area contributed by atoms with Gasteiger partial charge in [0.15, 0.2) is 16.6 Å². The molecule has 0 aliphatic heterocycles. The molecule has 4 rings (SSSR count). The highest BCUT2D eigenvalue weighted by Crippen LogP contribution is 2.31. The Bertz CT molecular complexity index is 1260. The third-order valence-electron chi connectivity index (χ3n) is 4.71. The van der Waals surface area contributed by atoms with Crippen molar-refractivity contribution < 1.29 is 19.1 Å². The highest BCUT2D eigenvalue weighted by Gasteiger charge is 2.13. The van der Waals surface area contributed by atoms with Crippen molar-refractivity contribution in [3.8, 4) is 11.5 Å². The zero-order chi connectivity index (χ0) is 23.8. The number of nitrogens with one attached hydrogen (secondary N) is 2. The van der Waals surface area contributed by atoms with Crippen LogP contribution in [0.2, 0.25) is 0 Å². The van der Waals surface area contributed by atoms with Gasteiger partial charge in [-0.2, -0.15) is 0 Å². The molecule has 0 radical (unpaired) electrons. The predicted molar refractivity (Wildman–Crippen MR) is 130 cm³/mol. The topological polar surface area (TPSA) is 102 Å². The molecule has 2 N–H and O–H groups in total. The first-order valence-electron chi connectivity index (χ1n) is 10.4. The molecule has 0 saturated carbocycles. The minimum atomic E-state index is -0.247. The van der Waals surface area contributed by atoms with E-state index in [4.69, 9.17) is 9.47 Å². The molecule has 0 spiro atoms. The first-order chi connectivity index (χ1) is 16.6. The van der Waals surface area contributed by atoms with E-state index in [0.717, 1.165) is 5.56 Å². The number of pyridine rings is 1. The molecular formula is C25H22N4O4S. The lowest BCUT2D eigenvalue weighted by Crippen LogP contribution is -2.15. The monoisotopic (exact) mass is 474 g/mol. The van der Waals surface area contributed by atoms with Gasteiger partial charge >= 0.3 is 0 Å². The molecular weight excluding hydrogens is 452 g/mol. The first kappa shape index (κ1) is 22.9. The lowest BCUT2D eigenvalue weighted by Gasteiger charge is -2.13. The second kappa shape index (κ2) is 11.1. The number of ether oxygens (including phenoxy) is 2. The first-order valence-corrected chi connectivity index (χ1v) is 11.3. The fourth-order valence-corrected chi connectivity index (χ4v) is 3.79. The third kappa shape index (κ3) is 6.17. The Balaban J connectivity index is 1.35. The van der Waals surface area contributed by atoms with Gasteiger partial charge in [0.25, 0.3) is 5.91 Å². The number of rotatable bonds is 9. The number of amides is 2. The number of carbonyl (C=O) groups excluding carboxylic acids is 2. The van der Waals surface area contributed by atoms with Gasteiger partial charge in [-0.3, -0.25) is 19.9 Å². The fraction of sp³-hybridized carbons (Fsp3) is 0.120. The Morgan fingerprint density at radius 2 is 1.85 bits per heavy atom. The van der Waals surface area contributed by atoms with Gasteiger partial charge in [-0.15, -0.1) is 11.3 Å². The summed E-state index contributed by atoms with van der Waals surface area (Å²) in [7, 11) is 1.56. The van der Waals surface area contributed by atoms with Crippen molar-refractivity contribution in [2.45, 2.75) is 13.0 Å². The molecule has 0 aliphatic rings. The van der Waals surface area contributed by atoms with Crippen LogP contribution in [-0.4, -0.2) is 28.9 Å². The maximum atomic E-state index is 12.6. The summed E-state index contributed by atoms with van der Waals surface area (Å²) in [6, 6.07) is 17.8. The van der Waals surface area contributed by atoms with Crippen LogP contribution >= 0.6 is 11.3 Å². The molecule has 0 saturated heterocycles. The van der Waals surface area contributed by atoms with Crippen LogP contribution in [0.3, 0.4) is 0 Å². The van der Waals surface area contributed by atoms with Gasteiger partial charge in [-0.25, -0.2) is 4.98 Å². The fourth-order valence-electron chi connectivity index (χ4n) is 3.09. The number of anilines is 2. The maximum Gasteiger partial charge on any atom is 0.257 e. The molecule has 9 heteroatoms. The molecule has 0 fully saturated rings. The zero-order valence-electron chi connectivity index (χ0n) is 18.4. The van der Waals surface area contributed by atoms with E-state index >= 15 is 0 Å². The molecule has 2 aromatic carbocycles. The van der Waals surface area contributed by atoms with Gasteiger partial charge in [-0.1, -0.05) is 24.3 Å². The van der Waals surface area contributed by atoms with Gasteiger partial charge in [-0.05, 0) is 30.3 Å². The van der Waals surface area contributed by atoms with Crippen LogP contribution in [0.25, 0.3) is 0 Å². The van der Waals surface area contributed by atoms with Crippen LogP contribution in [-0.2, 0) is 17.8 Å². The van der Waals surface area contributed by atoms with E-state index in [2.05, 4.69) is 20.6 Å². The highest BCUT2D eigenvalue weighted by molar-refractivity contribution is 7.14. The summed E-state index contributed by atoms with van der Waals surface area (Å²) in [5, 5.41) is 7.78. The number of aromatic nitrogens is 2. The molecule has 2 aromatic heterocycles. The Morgan fingerprint density at radius 1 is 1.00 bits per heavy atom. The number of benzene rings is 2. The number of methoxy groups -OCH3 is 1. The summed E-state index contributed by atoms with van der Waals surface area (Å²) < 4.78 is 11.2. The summed E-state index contributed by atoms with van der Waals surface area (Å²) in [6.07, 6.45) is 3.49. The number of carbonyl (C=O) groups is 2. The van der Waals surface area contributed by atoms with Crippen molar-refractivity contribution in [2.75, 3.05) is 17.7 Å². The Kier molecular flexibility index (Phi) is 7.46. The number of thiazole rings is 1. The molecule has 0 unspecified atom stereocenters. The third-order valence-corrected chi connectivity index (χ3v) is 5.52. The summed E-state index contributed by atoms with van der Waals surface area (Å²) in [5.41, 5.74) is 2.59. The molecule has 2 heterocycles. The van der Waals surface area contributed by atoms with Crippen LogP contribution < -0.4 is 20.1 Å². The lowest BCUT2D eigenvalue weighted by molar-refractivity contribution is -0.115. The average Bonchev–Trinajstić information content (AvgIpc) is 3.30. The standard InChI is InChI=1S/C25H22N4O4S/c1-32-21-10-9-19(12-22(21)33-15-17-6-5-11-26-14-17)27-23(30)13-20-16-34-25(28-20)29-24(31)18-7-3-2-4-8-18/h2-12,14,16H,13,15H2,1H3,(H,27,30)(H,28,29,31). The quantitative estimate of drug-likeness (QED) is 0.369. The molecule has 2 amide bonds. The predicted octanol–water partition coefficient (Wildman–Crippen LogP) is 4.56. The molecule has 0 aliphatic carbocycles. The van der Waals surface area contributed by atoms with Crippen LogP contribution in [0, 0.1) is 0 Å². The van der Waals surface area contributed by atoms with Crippen molar-refractivity contribution >= 4 is 34.0 Å². The second-order valence-corrected chi connectivity index (χ2v) is 8.06. The van der Waals surface area contributed by atoms with Crippen molar-refractivity contribution in [3.63, 3.8) is 0 Å². The zero-order valence-corrected chi connectivity index (χ0v) is 19.2. The second-order valence-electron chi connectivity index (χ2n) is 7.20. The van der Waals surface area contributed by atoms with Crippen molar-refractivity contribution in [1.82, 2.24) is 9.97 Å². The van der Waals surface area contributed by atoms with E-state index in [1.165, 1.54) is 11.3 Å². The van der Waals surface area contributed by atoms with E-state index in [1.54, 1.807) is 67.3 Å². The highest BCUT2D eigenvalue weighted by atomic mass is 32.1. The van der Waals surface area contributed by atoms with E-state index in [-0.39, 0.29) is 18.2 Å². The maximum absolute atomic E-state index is 12.6. The number of hydrogen-bond donors (Lipinski definition) is 2. The molecule has 4 aromatic rings. The van der Waals surface area contributed by atoms with Gasteiger partial charge in [0, 0.05) is 40.7 Å². The van der Waals surface area contributed by atoms with Crippen LogP contribution in [0.4, 0.5) is 10.8 Å². The average molecular weight is 475 g/mol. The van der Waals surface area contributed by atoms with E-state index in [0.29, 0.717) is 40.2 Å². The normalized spacial score (nSPS) is 10.4. The van der Waals surface area contributed by atoms with Crippen molar-refractivity contribution in [3.05, 3.63) is 95.3 Å². The summed E-state index contributed by atoms with van der Waals surface area (Å²) >= 11 is 1.27. The van der Waals surface area contributed by atoms with Crippen LogP contribution in [0.5, 0.6) is 11.5 Å². The molecule has 0 atom stereocenters. The molecule has 34 heavy (non-hydrogen) atoms. The summed E-state index contributed by atoms with van der Waals surface area (Å²) in [5.74, 6) is 0.571. The van der Waals surface area contributed by atoms with Crippen molar-refractivity contribution in [1.29, 1.82) is 0 Å². The largest absolute Gasteiger partial charge is 0.493 e. The van der Waals surface area contributed by atoms with Crippen LogP contribution in [0.15, 0.2) is 78.4 Å². The summed E-state index contributed by atoms with van der Waals surface area (Å²) in [6.45, 7) is 0.317. The number of hydrogen-bond acceptors (Lipinski definition) is 7. The van der Waals surface area contributed by atoms with Crippen LogP contribution in [0.1, 0.15) is 21.6 Å². The SMILES string of the molecule is COc1ccc(NC(=O)Cc2csc(NC(=O)c3ccccc3)n2)cc1OCc1cccnc1. The van der Waals surface area contributed by atoms with Gasteiger partial charge in [0.1, 0.15) is 6.61 Å². The molecule has 8 nitrogen and oxygen atoms in total. The van der Waals surface area contributed by atoms with Gasteiger partial charge in [0.05, 0.1) is 19.2 Å². The van der Waals surface area contributed by atoms with E-state index in [1.807, 2.05) is 18.2 Å². The van der Waals surface area contributed by atoms with E-state index < -0.39 is 0 Å². The molecule has 172 valence electrons. The molecule has 0 bridgehead atoms. The van der Waals surface area contributed by atoms with E-state index in [9.17, 15) is 9.59 Å². The minimum absolute atomic E-state index is 0.0651. The lowest BCUT2D eigenvalue weighted by atomic mass is 10.2. The number of nitrogens with zero attached hydrogens (tertiary/aromatic N) is 2. The Labute approximate surface area is 200 Å². The summed E-state index contributed by atoms with van der Waals surface area (Å²) in [4.78, 5) is 33.2.